The van der Waals surface area contributed by atoms with Crippen molar-refractivity contribution in [3.63, 3.8) is 0 Å². The van der Waals surface area contributed by atoms with Crippen molar-refractivity contribution in [2.24, 2.45) is 0 Å². The molecule has 0 spiro atoms. The minimum Gasteiger partial charge on any atom is -0.317 e. The Hall–Kier alpha value is -0.890. The van der Waals surface area contributed by atoms with Crippen LogP contribution in [0.2, 0.25) is 0 Å². The first-order valence-electron chi connectivity index (χ1n) is 3.97. The molecule has 2 heteroatoms. The van der Waals surface area contributed by atoms with Gasteiger partial charge in [0.05, 0.1) is 0 Å². The van der Waals surface area contributed by atoms with Gasteiger partial charge in [-0.1, -0.05) is 19.9 Å². The molecule has 0 radical (unpaired) electrons. The molecule has 0 aliphatic heterocycles. The van der Waals surface area contributed by atoms with Crippen LogP contribution in [0, 0.1) is 0 Å². The first kappa shape index (κ1) is 10.1. The van der Waals surface area contributed by atoms with E-state index in [1.165, 1.54) is 0 Å². The van der Waals surface area contributed by atoms with E-state index in [4.69, 9.17) is 0 Å². The Kier molecular flexibility index (Phi) is 8.37. The Morgan fingerprint density at radius 2 is 1.55 bits per heavy atom. The van der Waals surface area contributed by atoms with Crippen LogP contribution < -0.4 is 5.32 Å². The third-order valence-electron chi connectivity index (χ3n) is 1.07. The summed E-state index contributed by atoms with van der Waals surface area (Å²) in [5, 5.41) is 3.11. The fraction of sp³-hybridized carbons (Fsp3) is 0.444. The van der Waals surface area contributed by atoms with Crippen LogP contribution >= 0.6 is 0 Å². The average molecular weight is 152 g/mol. The number of rotatable bonds is 2. The Balaban J connectivity index is 0.000000187. The molecule has 0 aliphatic carbocycles. The first-order valence-corrected chi connectivity index (χ1v) is 3.97. The minimum atomic E-state index is 1.09. The molecule has 0 saturated carbocycles. The molecule has 2 nitrogen and oxygen atoms in total. The molecule has 0 aromatic carbocycles. The van der Waals surface area contributed by atoms with E-state index < -0.39 is 0 Å². The number of aromatic nitrogens is 1. The van der Waals surface area contributed by atoms with E-state index in [1.54, 1.807) is 12.4 Å². The second-order valence-electron chi connectivity index (χ2n) is 1.98. The fourth-order valence-corrected chi connectivity index (χ4v) is 0.563. The van der Waals surface area contributed by atoms with Crippen LogP contribution in [0.15, 0.2) is 30.6 Å². The number of pyridine rings is 1. The molecule has 1 heterocycles. The quantitative estimate of drug-likeness (QED) is 0.697. The Labute approximate surface area is 68.7 Å². The van der Waals surface area contributed by atoms with Gasteiger partial charge in [0.2, 0.25) is 0 Å². The molecule has 0 unspecified atom stereocenters. The molecule has 11 heavy (non-hydrogen) atoms. The van der Waals surface area contributed by atoms with Gasteiger partial charge in [0, 0.05) is 12.4 Å². The van der Waals surface area contributed by atoms with Gasteiger partial charge in [-0.25, -0.2) is 0 Å². The van der Waals surface area contributed by atoms with Crippen molar-refractivity contribution in [3.8, 4) is 0 Å². The van der Waals surface area contributed by atoms with Gasteiger partial charge < -0.3 is 5.32 Å². The van der Waals surface area contributed by atoms with Crippen LogP contribution in [0.4, 0.5) is 0 Å². The van der Waals surface area contributed by atoms with Crippen molar-refractivity contribution in [1.29, 1.82) is 0 Å². The highest BCUT2D eigenvalue weighted by molar-refractivity contribution is 4.88. The molecule has 62 valence electrons. The molecule has 0 aliphatic rings. The third-order valence-corrected chi connectivity index (χ3v) is 1.07. The lowest BCUT2D eigenvalue weighted by Gasteiger charge is -1.86. The highest BCUT2D eigenvalue weighted by Gasteiger charge is 1.62. The maximum atomic E-state index is 3.78. The first-order chi connectivity index (χ1) is 5.41. The molecular formula is C9H16N2. The van der Waals surface area contributed by atoms with Crippen LogP contribution in [0.3, 0.4) is 0 Å². The largest absolute Gasteiger partial charge is 0.317 e. The van der Waals surface area contributed by atoms with Gasteiger partial charge in [0.25, 0.3) is 0 Å². The molecule has 0 fully saturated rings. The van der Waals surface area contributed by atoms with E-state index in [1.807, 2.05) is 18.2 Å². The Morgan fingerprint density at radius 1 is 1.00 bits per heavy atom. The van der Waals surface area contributed by atoms with Gasteiger partial charge in [-0.2, -0.15) is 0 Å². The van der Waals surface area contributed by atoms with Crippen molar-refractivity contribution in [1.82, 2.24) is 10.3 Å². The lowest BCUT2D eigenvalue weighted by atomic mass is 10.5. The average Bonchev–Trinajstić information content (AvgIpc) is 2.10. The van der Waals surface area contributed by atoms with E-state index in [9.17, 15) is 0 Å². The molecule has 1 N–H and O–H groups in total. The molecule has 1 aromatic heterocycles. The third kappa shape index (κ3) is 9.11. The van der Waals surface area contributed by atoms with Gasteiger partial charge in [-0.05, 0) is 25.2 Å². The maximum Gasteiger partial charge on any atom is 0.0267 e. The maximum absolute atomic E-state index is 3.78. The molecule has 0 atom stereocenters. The van der Waals surface area contributed by atoms with Crippen LogP contribution in [0.5, 0.6) is 0 Å². The lowest BCUT2D eigenvalue weighted by molar-refractivity contribution is 0.762. The van der Waals surface area contributed by atoms with Crippen molar-refractivity contribution < 1.29 is 0 Å². The zero-order chi connectivity index (χ0) is 8.36. The zero-order valence-corrected chi connectivity index (χ0v) is 7.25. The minimum absolute atomic E-state index is 1.09. The predicted molar refractivity (Wildman–Crippen MR) is 48.5 cm³/mol. The van der Waals surface area contributed by atoms with Crippen LogP contribution in [-0.4, -0.2) is 18.1 Å². The van der Waals surface area contributed by atoms with E-state index >= 15 is 0 Å². The highest BCUT2D eigenvalue weighted by Crippen LogP contribution is 1.73. The normalized spacial score (nSPS) is 8.18. The summed E-state index contributed by atoms with van der Waals surface area (Å²) in [6, 6.07) is 5.72. The summed E-state index contributed by atoms with van der Waals surface area (Å²) in [5.41, 5.74) is 0. The predicted octanol–water partition coefficient (Wildman–Crippen LogP) is 1.70. The zero-order valence-electron chi connectivity index (χ0n) is 7.25. The molecule has 0 amide bonds. The molecule has 0 bridgehead atoms. The van der Waals surface area contributed by atoms with Crippen LogP contribution in [-0.2, 0) is 0 Å². The lowest BCUT2D eigenvalue weighted by Crippen LogP contribution is -2.09. The summed E-state index contributed by atoms with van der Waals surface area (Å²) in [6.07, 6.45) is 3.50. The van der Waals surface area contributed by atoms with Crippen molar-refractivity contribution in [2.75, 3.05) is 13.1 Å². The summed E-state index contributed by atoms with van der Waals surface area (Å²) in [7, 11) is 0. The molecular weight excluding hydrogens is 136 g/mol. The standard InChI is InChI=1S/C5H5N.C4H11N/c1-2-4-6-5-3-1;1-3-5-4-2/h1-5H;5H,3-4H2,1-2H3. The Morgan fingerprint density at radius 3 is 1.64 bits per heavy atom. The van der Waals surface area contributed by atoms with Crippen LogP contribution in [0.25, 0.3) is 0 Å². The van der Waals surface area contributed by atoms with E-state index in [0.717, 1.165) is 13.1 Å². The van der Waals surface area contributed by atoms with Gasteiger partial charge in [0.1, 0.15) is 0 Å². The summed E-state index contributed by atoms with van der Waals surface area (Å²) in [6.45, 7) is 6.39. The van der Waals surface area contributed by atoms with Crippen molar-refractivity contribution >= 4 is 0 Å². The number of nitrogens with zero attached hydrogens (tertiary/aromatic N) is 1. The van der Waals surface area contributed by atoms with Crippen LogP contribution in [0.1, 0.15) is 13.8 Å². The SMILES string of the molecule is CCNCC.c1ccncc1. The van der Waals surface area contributed by atoms with E-state index in [-0.39, 0.29) is 0 Å². The van der Waals surface area contributed by atoms with E-state index in [0.29, 0.717) is 0 Å². The monoisotopic (exact) mass is 152 g/mol. The molecule has 1 rings (SSSR count). The van der Waals surface area contributed by atoms with Gasteiger partial charge in [0.15, 0.2) is 0 Å². The Bertz CT molecular complexity index is 111. The smallest absolute Gasteiger partial charge is 0.0267 e. The molecule has 1 aromatic rings. The second-order valence-corrected chi connectivity index (χ2v) is 1.98. The van der Waals surface area contributed by atoms with Crippen molar-refractivity contribution in [3.05, 3.63) is 30.6 Å². The van der Waals surface area contributed by atoms with Gasteiger partial charge >= 0.3 is 0 Å². The van der Waals surface area contributed by atoms with Crippen molar-refractivity contribution in [2.45, 2.75) is 13.8 Å². The molecule has 0 saturated heterocycles. The summed E-state index contributed by atoms with van der Waals surface area (Å²) >= 11 is 0. The summed E-state index contributed by atoms with van der Waals surface area (Å²) in [5.74, 6) is 0. The highest BCUT2D eigenvalue weighted by atomic mass is 14.8. The van der Waals surface area contributed by atoms with E-state index in [2.05, 4.69) is 24.1 Å². The summed E-state index contributed by atoms with van der Waals surface area (Å²) in [4.78, 5) is 3.78. The van der Waals surface area contributed by atoms with Gasteiger partial charge in [-0.15, -0.1) is 0 Å². The number of hydrogen-bond acceptors (Lipinski definition) is 2. The number of hydrogen-bond donors (Lipinski definition) is 1. The number of nitrogens with one attached hydrogen (secondary N) is 1. The second kappa shape index (κ2) is 9.11. The topological polar surface area (TPSA) is 24.9 Å². The van der Waals surface area contributed by atoms with Gasteiger partial charge in [-0.3, -0.25) is 4.98 Å². The summed E-state index contributed by atoms with van der Waals surface area (Å²) < 4.78 is 0. The fourth-order valence-electron chi connectivity index (χ4n) is 0.563.